The van der Waals surface area contributed by atoms with Crippen molar-refractivity contribution in [2.45, 2.75) is 25.1 Å². The van der Waals surface area contributed by atoms with Crippen molar-refractivity contribution in [2.75, 3.05) is 20.2 Å². The Morgan fingerprint density at radius 1 is 1.37 bits per heavy atom. The quantitative estimate of drug-likeness (QED) is 0.865. The highest BCUT2D eigenvalue weighted by molar-refractivity contribution is 5.98. The van der Waals surface area contributed by atoms with E-state index in [2.05, 4.69) is 9.88 Å². The molecule has 1 fully saturated rings. The summed E-state index contributed by atoms with van der Waals surface area (Å²) in [5.74, 6) is -0.674. The number of alkyl halides is 3. The molecule has 3 rings (SSSR count). The Labute approximate surface area is 154 Å². The SMILES string of the molecule is CN1CCC[C@@H]1COc1cc(-c2ncccc2C(N)=O)cc(C(F)(F)F)c1. The molecule has 0 aliphatic carbocycles. The zero-order valence-corrected chi connectivity index (χ0v) is 14.8. The van der Waals surface area contributed by atoms with Crippen LogP contribution >= 0.6 is 0 Å². The summed E-state index contributed by atoms with van der Waals surface area (Å²) in [5, 5.41) is 0. The van der Waals surface area contributed by atoms with Crippen LogP contribution in [0.1, 0.15) is 28.8 Å². The summed E-state index contributed by atoms with van der Waals surface area (Å²) in [5.41, 5.74) is 4.75. The molecule has 5 nitrogen and oxygen atoms in total. The van der Waals surface area contributed by atoms with Crippen molar-refractivity contribution in [2.24, 2.45) is 5.73 Å². The Morgan fingerprint density at radius 2 is 2.15 bits per heavy atom. The molecule has 1 atom stereocenters. The Kier molecular flexibility index (Phi) is 5.36. The van der Waals surface area contributed by atoms with E-state index < -0.39 is 17.6 Å². The van der Waals surface area contributed by atoms with Gasteiger partial charge in [-0.3, -0.25) is 9.78 Å². The molecule has 1 aromatic heterocycles. The molecular weight excluding hydrogens is 359 g/mol. The van der Waals surface area contributed by atoms with E-state index in [1.807, 2.05) is 7.05 Å². The van der Waals surface area contributed by atoms with Crippen LogP contribution in [0.15, 0.2) is 36.5 Å². The number of hydrogen-bond donors (Lipinski definition) is 1. The highest BCUT2D eigenvalue weighted by atomic mass is 19.4. The molecule has 1 aromatic carbocycles. The number of hydrogen-bond acceptors (Lipinski definition) is 4. The van der Waals surface area contributed by atoms with Gasteiger partial charge in [-0.25, -0.2) is 0 Å². The highest BCUT2D eigenvalue weighted by Crippen LogP contribution is 2.36. The second kappa shape index (κ2) is 7.56. The summed E-state index contributed by atoms with van der Waals surface area (Å²) < 4.78 is 45.7. The number of likely N-dealkylation sites (tertiary alicyclic amines) is 1. The lowest BCUT2D eigenvalue weighted by atomic mass is 10.0. The topological polar surface area (TPSA) is 68.4 Å². The van der Waals surface area contributed by atoms with E-state index in [1.165, 1.54) is 24.4 Å². The van der Waals surface area contributed by atoms with Crippen LogP contribution in [0.3, 0.4) is 0 Å². The Hall–Kier alpha value is -2.61. The van der Waals surface area contributed by atoms with Gasteiger partial charge in [0.05, 0.1) is 16.8 Å². The van der Waals surface area contributed by atoms with Crippen LogP contribution in [0.4, 0.5) is 13.2 Å². The lowest BCUT2D eigenvalue weighted by Crippen LogP contribution is -2.30. The van der Waals surface area contributed by atoms with Gasteiger partial charge in [-0.15, -0.1) is 0 Å². The molecule has 2 heterocycles. The lowest BCUT2D eigenvalue weighted by Gasteiger charge is -2.20. The zero-order chi connectivity index (χ0) is 19.6. The van der Waals surface area contributed by atoms with Crippen molar-refractivity contribution >= 4 is 5.91 Å². The second-order valence-corrected chi connectivity index (χ2v) is 6.60. The maximum Gasteiger partial charge on any atom is 0.416 e. The first-order valence-corrected chi connectivity index (χ1v) is 8.56. The molecule has 1 aliphatic rings. The van der Waals surface area contributed by atoms with E-state index in [4.69, 9.17) is 10.5 Å². The van der Waals surface area contributed by atoms with Gasteiger partial charge in [-0.2, -0.15) is 13.2 Å². The van der Waals surface area contributed by atoms with Crippen LogP contribution in [0.5, 0.6) is 5.75 Å². The minimum Gasteiger partial charge on any atom is -0.492 e. The third-order valence-electron chi connectivity index (χ3n) is 4.69. The number of rotatable bonds is 5. The Balaban J connectivity index is 1.98. The molecule has 0 unspecified atom stereocenters. The van der Waals surface area contributed by atoms with E-state index in [0.29, 0.717) is 6.61 Å². The maximum absolute atomic E-state index is 13.4. The van der Waals surface area contributed by atoms with Crippen molar-refractivity contribution in [3.05, 3.63) is 47.7 Å². The molecule has 1 aliphatic heterocycles. The number of benzene rings is 1. The van der Waals surface area contributed by atoms with Gasteiger partial charge in [0.15, 0.2) is 0 Å². The van der Waals surface area contributed by atoms with Crippen molar-refractivity contribution < 1.29 is 22.7 Å². The highest BCUT2D eigenvalue weighted by Gasteiger charge is 2.32. The average Bonchev–Trinajstić information content (AvgIpc) is 3.04. The van der Waals surface area contributed by atoms with Gasteiger partial charge >= 0.3 is 6.18 Å². The van der Waals surface area contributed by atoms with Crippen LogP contribution in [0.2, 0.25) is 0 Å². The number of nitrogens with zero attached hydrogens (tertiary/aromatic N) is 2. The number of aromatic nitrogens is 1. The third kappa shape index (κ3) is 4.39. The van der Waals surface area contributed by atoms with Gasteiger partial charge in [0.1, 0.15) is 12.4 Å². The van der Waals surface area contributed by atoms with Crippen molar-refractivity contribution in [3.63, 3.8) is 0 Å². The fourth-order valence-corrected chi connectivity index (χ4v) is 3.20. The van der Waals surface area contributed by atoms with Crippen LogP contribution in [-0.4, -0.2) is 42.0 Å². The first-order valence-electron chi connectivity index (χ1n) is 8.56. The molecular formula is C19H20F3N3O2. The maximum atomic E-state index is 13.4. The standard InChI is InChI=1S/C19H20F3N3O2/c1-25-7-3-4-14(25)11-27-15-9-12(8-13(10-15)19(20,21)22)17-16(18(23)26)5-2-6-24-17/h2,5-6,8-10,14H,3-4,7,11H2,1H3,(H2,23,26)/t14-/m1/s1. The number of pyridine rings is 1. The third-order valence-corrected chi connectivity index (χ3v) is 4.69. The molecule has 0 radical (unpaired) electrons. The number of carbonyl (C=O) groups excluding carboxylic acids is 1. The van der Waals surface area contributed by atoms with Crippen LogP contribution in [0, 0.1) is 0 Å². The minimum absolute atomic E-state index is 0.0540. The van der Waals surface area contributed by atoms with Gasteiger partial charge in [0.2, 0.25) is 0 Å². The minimum atomic E-state index is -4.56. The number of amides is 1. The summed E-state index contributed by atoms with van der Waals surface area (Å²) in [4.78, 5) is 17.8. The smallest absolute Gasteiger partial charge is 0.416 e. The summed E-state index contributed by atoms with van der Waals surface area (Å²) >= 11 is 0. The molecule has 2 aromatic rings. The molecule has 0 saturated carbocycles. The summed E-state index contributed by atoms with van der Waals surface area (Å²) in [6.07, 6.45) is -1.18. The number of nitrogens with two attached hydrogens (primary N) is 1. The average molecular weight is 379 g/mol. The van der Waals surface area contributed by atoms with Gasteiger partial charge in [-0.1, -0.05) is 0 Å². The van der Waals surface area contributed by atoms with E-state index in [9.17, 15) is 18.0 Å². The summed E-state index contributed by atoms with van der Waals surface area (Å²) in [6, 6.07) is 6.47. The van der Waals surface area contributed by atoms with Crippen molar-refractivity contribution in [3.8, 4) is 17.0 Å². The van der Waals surface area contributed by atoms with E-state index in [-0.39, 0.29) is 28.6 Å². The van der Waals surface area contributed by atoms with Gasteiger partial charge in [0.25, 0.3) is 5.91 Å². The largest absolute Gasteiger partial charge is 0.492 e. The first-order chi connectivity index (χ1) is 12.8. The van der Waals surface area contributed by atoms with Crippen molar-refractivity contribution in [1.82, 2.24) is 9.88 Å². The molecule has 144 valence electrons. The normalized spacial score (nSPS) is 17.9. The fraction of sp³-hybridized carbons (Fsp3) is 0.368. The fourth-order valence-electron chi connectivity index (χ4n) is 3.20. The Bertz CT molecular complexity index is 839. The summed E-state index contributed by atoms with van der Waals surface area (Å²) in [7, 11) is 1.96. The van der Waals surface area contributed by atoms with Crippen LogP contribution in [0.25, 0.3) is 11.3 Å². The first kappa shape index (κ1) is 19.2. The van der Waals surface area contributed by atoms with Gasteiger partial charge in [-0.05, 0) is 56.8 Å². The molecule has 27 heavy (non-hydrogen) atoms. The van der Waals surface area contributed by atoms with Crippen LogP contribution in [-0.2, 0) is 6.18 Å². The Morgan fingerprint density at radius 3 is 2.78 bits per heavy atom. The number of carbonyl (C=O) groups is 1. The molecule has 1 saturated heterocycles. The molecule has 0 spiro atoms. The monoisotopic (exact) mass is 379 g/mol. The predicted octanol–water partition coefficient (Wildman–Crippen LogP) is 3.34. The van der Waals surface area contributed by atoms with Crippen LogP contribution < -0.4 is 10.5 Å². The van der Waals surface area contributed by atoms with E-state index in [1.54, 1.807) is 0 Å². The van der Waals surface area contributed by atoms with E-state index in [0.717, 1.165) is 31.5 Å². The molecule has 0 bridgehead atoms. The number of primary amides is 1. The second-order valence-electron chi connectivity index (χ2n) is 6.60. The lowest BCUT2D eigenvalue weighted by molar-refractivity contribution is -0.137. The van der Waals surface area contributed by atoms with Gasteiger partial charge < -0.3 is 15.4 Å². The summed E-state index contributed by atoms with van der Waals surface area (Å²) in [6.45, 7) is 1.24. The number of halogens is 3. The van der Waals surface area contributed by atoms with Crippen molar-refractivity contribution in [1.29, 1.82) is 0 Å². The van der Waals surface area contributed by atoms with E-state index >= 15 is 0 Å². The molecule has 1 amide bonds. The number of likely N-dealkylation sites (N-methyl/N-ethyl adjacent to an activating group) is 1. The van der Waals surface area contributed by atoms with Gasteiger partial charge in [0, 0.05) is 17.8 Å². The molecule has 2 N–H and O–H groups in total. The predicted molar refractivity (Wildman–Crippen MR) is 94.3 cm³/mol. The number of ether oxygens (including phenoxy) is 1. The zero-order valence-electron chi connectivity index (χ0n) is 14.8. The molecule has 8 heteroatoms.